The van der Waals surface area contributed by atoms with Crippen LogP contribution in [0, 0.1) is 11.8 Å². The summed E-state index contributed by atoms with van der Waals surface area (Å²) in [6.07, 6.45) is 0.842. The molecule has 0 radical (unpaired) electrons. The molecule has 1 aromatic rings. The first-order valence-corrected chi connectivity index (χ1v) is 7.52. The molecule has 0 spiro atoms. The van der Waals surface area contributed by atoms with E-state index in [-0.39, 0.29) is 6.04 Å². The predicted octanol–water partition coefficient (Wildman–Crippen LogP) is 3.91. The molecule has 1 aliphatic rings. The molecule has 1 aliphatic carbocycles. The Labute approximate surface area is 123 Å². The summed E-state index contributed by atoms with van der Waals surface area (Å²) in [5, 5.41) is 0. The zero-order valence-electron chi connectivity index (χ0n) is 12.3. The van der Waals surface area contributed by atoms with Crippen molar-refractivity contribution < 1.29 is 13.2 Å². The van der Waals surface area contributed by atoms with Gasteiger partial charge in [0.15, 0.2) is 0 Å². The second kappa shape index (κ2) is 6.79. The summed E-state index contributed by atoms with van der Waals surface area (Å²) in [4.78, 5) is 0. The maximum Gasteiger partial charge on any atom is 0.416 e. The van der Waals surface area contributed by atoms with E-state index in [2.05, 4.69) is 12.3 Å². The van der Waals surface area contributed by atoms with Gasteiger partial charge in [-0.15, -0.1) is 0 Å². The van der Waals surface area contributed by atoms with E-state index in [1.807, 2.05) is 0 Å². The number of nitrogens with two attached hydrogens (primary N) is 1. The molecule has 0 amide bonds. The van der Waals surface area contributed by atoms with Gasteiger partial charge < -0.3 is 0 Å². The molecule has 3 atom stereocenters. The molecule has 1 aromatic carbocycles. The highest BCUT2D eigenvalue weighted by atomic mass is 19.4. The molecule has 3 unspecified atom stereocenters. The topological polar surface area (TPSA) is 38.0 Å². The SMILES string of the molecule is CC1CCCC(C(Cc2cccc(C(F)(F)F)c2)NN)C1. The fraction of sp³-hybridized carbons (Fsp3) is 0.625. The maximum atomic E-state index is 12.8. The first-order chi connectivity index (χ1) is 9.90. The van der Waals surface area contributed by atoms with Gasteiger partial charge in [-0.2, -0.15) is 13.2 Å². The largest absolute Gasteiger partial charge is 0.416 e. The standard InChI is InChI=1S/C16H23F3N2/c1-11-4-2-6-13(8-11)15(21-20)10-12-5-3-7-14(9-12)16(17,18)19/h3,5,7,9,11,13,15,21H,2,4,6,8,10,20H2,1H3. The molecule has 1 fully saturated rings. The lowest BCUT2D eigenvalue weighted by Gasteiger charge is -2.33. The van der Waals surface area contributed by atoms with Crippen LogP contribution in [0.4, 0.5) is 13.2 Å². The van der Waals surface area contributed by atoms with Crippen LogP contribution in [0.15, 0.2) is 24.3 Å². The fourth-order valence-corrected chi connectivity index (χ4v) is 3.34. The maximum absolute atomic E-state index is 12.8. The summed E-state index contributed by atoms with van der Waals surface area (Å²) in [7, 11) is 0. The Morgan fingerprint density at radius 3 is 2.71 bits per heavy atom. The zero-order chi connectivity index (χ0) is 15.5. The van der Waals surface area contributed by atoms with Gasteiger partial charge >= 0.3 is 6.18 Å². The van der Waals surface area contributed by atoms with Gasteiger partial charge in [-0.1, -0.05) is 38.0 Å². The smallest absolute Gasteiger partial charge is 0.271 e. The molecule has 1 saturated carbocycles. The van der Waals surface area contributed by atoms with Crippen LogP contribution in [-0.4, -0.2) is 6.04 Å². The Morgan fingerprint density at radius 1 is 1.33 bits per heavy atom. The third-order valence-corrected chi connectivity index (χ3v) is 4.47. The van der Waals surface area contributed by atoms with Gasteiger partial charge in [-0.05, 0) is 42.7 Å². The number of hydrazine groups is 1. The van der Waals surface area contributed by atoms with Crippen LogP contribution in [0.2, 0.25) is 0 Å². The second-order valence-corrected chi connectivity index (χ2v) is 6.21. The van der Waals surface area contributed by atoms with Crippen molar-refractivity contribution in [3.05, 3.63) is 35.4 Å². The van der Waals surface area contributed by atoms with Gasteiger partial charge in [0.05, 0.1) is 5.56 Å². The number of hydrogen-bond acceptors (Lipinski definition) is 2. The first kappa shape index (κ1) is 16.3. The van der Waals surface area contributed by atoms with Crippen LogP contribution in [0.5, 0.6) is 0 Å². The van der Waals surface area contributed by atoms with Gasteiger partial charge in [0.25, 0.3) is 0 Å². The van der Waals surface area contributed by atoms with Crippen LogP contribution in [0.1, 0.15) is 43.7 Å². The van der Waals surface area contributed by atoms with Crippen molar-refractivity contribution in [3.63, 3.8) is 0 Å². The van der Waals surface area contributed by atoms with E-state index in [1.165, 1.54) is 25.0 Å². The van der Waals surface area contributed by atoms with Gasteiger partial charge in [-0.25, -0.2) is 0 Å². The summed E-state index contributed by atoms with van der Waals surface area (Å²) in [6.45, 7) is 2.23. The van der Waals surface area contributed by atoms with Crippen LogP contribution in [0.25, 0.3) is 0 Å². The van der Waals surface area contributed by atoms with E-state index in [1.54, 1.807) is 6.07 Å². The van der Waals surface area contributed by atoms with Crippen molar-refractivity contribution in [2.45, 2.75) is 51.2 Å². The Hall–Kier alpha value is -1.07. The highest BCUT2D eigenvalue weighted by Gasteiger charge is 2.31. The molecule has 118 valence electrons. The fourth-order valence-electron chi connectivity index (χ4n) is 3.34. The highest BCUT2D eigenvalue weighted by molar-refractivity contribution is 5.26. The molecule has 0 aliphatic heterocycles. The van der Waals surface area contributed by atoms with Gasteiger partial charge in [0, 0.05) is 6.04 Å². The Kier molecular flexibility index (Phi) is 5.27. The minimum atomic E-state index is -4.29. The van der Waals surface area contributed by atoms with E-state index < -0.39 is 11.7 Å². The number of rotatable bonds is 4. The van der Waals surface area contributed by atoms with Crippen LogP contribution in [-0.2, 0) is 12.6 Å². The Balaban J connectivity index is 2.08. The van der Waals surface area contributed by atoms with Gasteiger partial charge in [0.1, 0.15) is 0 Å². The van der Waals surface area contributed by atoms with E-state index in [4.69, 9.17) is 5.84 Å². The molecule has 3 N–H and O–H groups in total. The van der Waals surface area contributed by atoms with Crippen molar-refractivity contribution >= 4 is 0 Å². The lowest BCUT2D eigenvalue weighted by atomic mass is 9.77. The molecule has 2 rings (SSSR count). The van der Waals surface area contributed by atoms with E-state index in [9.17, 15) is 13.2 Å². The number of nitrogens with one attached hydrogen (secondary N) is 1. The van der Waals surface area contributed by atoms with Gasteiger partial charge in [0.2, 0.25) is 0 Å². The van der Waals surface area contributed by atoms with E-state index in [0.29, 0.717) is 23.8 Å². The summed E-state index contributed by atoms with van der Waals surface area (Å²) >= 11 is 0. The second-order valence-electron chi connectivity index (χ2n) is 6.21. The average molecular weight is 300 g/mol. The highest BCUT2D eigenvalue weighted by Crippen LogP contribution is 2.33. The molecule has 0 heterocycles. The monoisotopic (exact) mass is 300 g/mol. The molecule has 0 saturated heterocycles. The van der Waals surface area contributed by atoms with Crippen LogP contribution >= 0.6 is 0 Å². The summed E-state index contributed by atoms with van der Waals surface area (Å²) in [5.41, 5.74) is 2.91. The molecule has 21 heavy (non-hydrogen) atoms. The molecule has 0 aromatic heterocycles. The number of benzene rings is 1. The summed E-state index contributed by atoms with van der Waals surface area (Å²) in [5.74, 6) is 6.75. The predicted molar refractivity (Wildman–Crippen MR) is 77.4 cm³/mol. The minimum absolute atomic E-state index is 0.0382. The number of alkyl halides is 3. The molecule has 0 bridgehead atoms. The van der Waals surface area contributed by atoms with E-state index in [0.717, 1.165) is 18.9 Å². The molecule has 2 nitrogen and oxygen atoms in total. The third-order valence-electron chi connectivity index (χ3n) is 4.47. The Morgan fingerprint density at radius 2 is 2.10 bits per heavy atom. The lowest BCUT2D eigenvalue weighted by molar-refractivity contribution is -0.137. The van der Waals surface area contributed by atoms with Crippen LogP contribution in [0.3, 0.4) is 0 Å². The van der Waals surface area contributed by atoms with Crippen LogP contribution < -0.4 is 11.3 Å². The first-order valence-electron chi connectivity index (χ1n) is 7.52. The van der Waals surface area contributed by atoms with E-state index >= 15 is 0 Å². The average Bonchev–Trinajstić information content (AvgIpc) is 2.44. The van der Waals surface area contributed by atoms with Crippen molar-refractivity contribution in [1.29, 1.82) is 0 Å². The van der Waals surface area contributed by atoms with Gasteiger partial charge in [-0.3, -0.25) is 11.3 Å². The van der Waals surface area contributed by atoms with Crippen molar-refractivity contribution in [1.82, 2.24) is 5.43 Å². The zero-order valence-corrected chi connectivity index (χ0v) is 12.3. The van der Waals surface area contributed by atoms with Crippen molar-refractivity contribution in [2.75, 3.05) is 0 Å². The summed E-state index contributed by atoms with van der Waals surface area (Å²) in [6, 6.07) is 5.59. The minimum Gasteiger partial charge on any atom is -0.271 e. The Bertz CT molecular complexity index is 459. The normalized spacial score (nSPS) is 24.8. The van der Waals surface area contributed by atoms with Crippen molar-refractivity contribution in [3.8, 4) is 0 Å². The lowest BCUT2D eigenvalue weighted by Crippen LogP contribution is -2.44. The van der Waals surface area contributed by atoms with Crippen molar-refractivity contribution in [2.24, 2.45) is 17.7 Å². The quantitative estimate of drug-likeness (QED) is 0.653. The number of hydrogen-bond donors (Lipinski definition) is 2. The molecular weight excluding hydrogens is 277 g/mol. The number of halogens is 3. The summed E-state index contributed by atoms with van der Waals surface area (Å²) < 4.78 is 38.3. The molecule has 5 heteroatoms. The molecular formula is C16H23F3N2. The third kappa shape index (κ3) is 4.45.